The lowest BCUT2D eigenvalue weighted by atomic mass is 10.3. The van der Waals surface area contributed by atoms with E-state index in [1.165, 1.54) is 12.8 Å². The monoisotopic (exact) mass is 346 g/mol. The van der Waals surface area contributed by atoms with E-state index < -0.39 is 0 Å². The van der Waals surface area contributed by atoms with Crippen LogP contribution in [0, 0.1) is 0 Å². The highest BCUT2D eigenvalue weighted by atomic mass is 15.4. The zero-order chi connectivity index (χ0) is 17.9. The van der Waals surface area contributed by atoms with Gasteiger partial charge in [0.1, 0.15) is 5.82 Å². The summed E-state index contributed by atoms with van der Waals surface area (Å²) in [5, 5.41) is 3.45. The standard InChI is InChI=1S/C19H34N6/c1-4-6-12-23(3)13-11-22-19(20-5-2)25-16-14-24(15-17-25)18-9-7-8-10-21-18/h7-10H,4-6,11-17H2,1-3H3,(H,20,22). The number of hydrogen-bond acceptors (Lipinski definition) is 4. The summed E-state index contributed by atoms with van der Waals surface area (Å²) in [5.41, 5.74) is 0. The molecule has 2 heterocycles. The highest BCUT2D eigenvalue weighted by Crippen LogP contribution is 2.12. The van der Waals surface area contributed by atoms with Gasteiger partial charge in [-0.1, -0.05) is 19.4 Å². The van der Waals surface area contributed by atoms with E-state index >= 15 is 0 Å². The van der Waals surface area contributed by atoms with Gasteiger partial charge in [0.15, 0.2) is 5.96 Å². The van der Waals surface area contributed by atoms with Crippen LogP contribution >= 0.6 is 0 Å². The van der Waals surface area contributed by atoms with Gasteiger partial charge in [-0.2, -0.15) is 0 Å². The van der Waals surface area contributed by atoms with Gasteiger partial charge in [-0.15, -0.1) is 0 Å². The molecule has 0 saturated carbocycles. The highest BCUT2D eigenvalue weighted by Gasteiger charge is 2.20. The lowest BCUT2D eigenvalue weighted by molar-refractivity contribution is 0.334. The first-order valence-corrected chi connectivity index (χ1v) is 9.62. The van der Waals surface area contributed by atoms with Crippen LogP contribution in [0.5, 0.6) is 0 Å². The maximum atomic E-state index is 4.84. The van der Waals surface area contributed by atoms with Gasteiger partial charge in [0.05, 0.1) is 6.54 Å². The van der Waals surface area contributed by atoms with E-state index in [9.17, 15) is 0 Å². The van der Waals surface area contributed by atoms with Gasteiger partial charge >= 0.3 is 0 Å². The van der Waals surface area contributed by atoms with Crippen molar-refractivity contribution in [1.82, 2.24) is 20.1 Å². The van der Waals surface area contributed by atoms with Crippen molar-refractivity contribution in [3.8, 4) is 0 Å². The Bertz CT molecular complexity index is 496. The molecule has 1 aromatic rings. The predicted molar refractivity (Wildman–Crippen MR) is 106 cm³/mol. The van der Waals surface area contributed by atoms with Crippen LogP contribution in [0.15, 0.2) is 29.4 Å². The number of likely N-dealkylation sites (N-methyl/N-ethyl adjacent to an activating group) is 1. The second-order valence-electron chi connectivity index (χ2n) is 6.55. The minimum atomic E-state index is 0.850. The number of unbranched alkanes of at least 4 members (excludes halogenated alkanes) is 1. The van der Waals surface area contributed by atoms with Crippen LogP contribution in [0.3, 0.4) is 0 Å². The van der Waals surface area contributed by atoms with Crippen molar-refractivity contribution in [3.63, 3.8) is 0 Å². The van der Waals surface area contributed by atoms with Crippen molar-refractivity contribution in [3.05, 3.63) is 24.4 Å². The molecule has 0 spiro atoms. The average molecular weight is 347 g/mol. The minimum Gasteiger partial charge on any atom is -0.357 e. The Balaban J connectivity index is 1.83. The van der Waals surface area contributed by atoms with Gasteiger partial charge in [-0.3, -0.25) is 4.99 Å². The Morgan fingerprint density at radius 1 is 1.20 bits per heavy atom. The lowest BCUT2D eigenvalue weighted by Gasteiger charge is -2.37. The molecule has 6 heteroatoms. The summed E-state index contributed by atoms with van der Waals surface area (Å²) >= 11 is 0. The number of hydrogen-bond donors (Lipinski definition) is 1. The smallest absolute Gasteiger partial charge is 0.194 e. The third-order valence-electron chi connectivity index (χ3n) is 4.52. The van der Waals surface area contributed by atoms with E-state index in [-0.39, 0.29) is 0 Å². The van der Waals surface area contributed by atoms with Gasteiger partial charge < -0.3 is 20.0 Å². The van der Waals surface area contributed by atoms with Crippen molar-refractivity contribution in [2.75, 3.05) is 64.3 Å². The van der Waals surface area contributed by atoms with Crippen LogP contribution in [-0.2, 0) is 0 Å². The van der Waals surface area contributed by atoms with Gasteiger partial charge in [0.25, 0.3) is 0 Å². The Kier molecular flexibility index (Phi) is 8.52. The largest absolute Gasteiger partial charge is 0.357 e. The number of nitrogens with one attached hydrogen (secondary N) is 1. The minimum absolute atomic E-state index is 0.850. The lowest BCUT2D eigenvalue weighted by Crippen LogP contribution is -2.52. The fraction of sp³-hybridized carbons (Fsp3) is 0.684. The molecule has 0 unspecified atom stereocenters. The van der Waals surface area contributed by atoms with Crippen LogP contribution in [0.1, 0.15) is 26.7 Å². The first kappa shape index (κ1) is 19.5. The van der Waals surface area contributed by atoms with Gasteiger partial charge in [0.2, 0.25) is 0 Å². The second kappa shape index (κ2) is 10.9. The third kappa shape index (κ3) is 6.53. The molecule has 0 atom stereocenters. The van der Waals surface area contributed by atoms with Crippen molar-refractivity contribution >= 4 is 11.8 Å². The van der Waals surface area contributed by atoms with Crippen molar-refractivity contribution in [1.29, 1.82) is 0 Å². The number of guanidine groups is 1. The van der Waals surface area contributed by atoms with Crippen LogP contribution < -0.4 is 10.2 Å². The first-order chi connectivity index (χ1) is 12.2. The molecule has 1 aliphatic heterocycles. The van der Waals surface area contributed by atoms with E-state index in [0.29, 0.717) is 0 Å². The summed E-state index contributed by atoms with van der Waals surface area (Å²) in [4.78, 5) is 16.4. The van der Waals surface area contributed by atoms with E-state index in [4.69, 9.17) is 4.99 Å². The van der Waals surface area contributed by atoms with Crippen LogP contribution in [0.2, 0.25) is 0 Å². The Labute approximate surface area is 152 Å². The molecule has 0 bridgehead atoms. The molecule has 1 saturated heterocycles. The van der Waals surface area contributed by atoms with Gasteiger partial charge in [-0.05, 0) is 39.1 Å². The van der Waals surface area contributed by atoms with Crippen LogP contribution in [0.4, 0.5) is 5.82 Å². The van der Waals surface area contributed by atoms with Gasteiger partial charge in [-0.25, -0.2) is 4.98 Å². The number of nitrogens with zero attached hydrogens (tertiary/aromatic N) is 5. The predicted octanol–water partition coefficient (Wildman–Crippen LogP) is 1.90. The van der Waals surface area contributed by atoms with Crippen molar-refractivity contribution < 1.29 is 0 Å². The third-order valence-corrected chi connectivity index (χ3v) is 4.52. The summed E-state index contributed by atoms with van der Waals surface area (Å²) in [7, 11) is 2.18. The molecule has 0 aromatic carbocycles. The zero-order valence-electron chi connectivity index (χ0n) is 16.1. The number of aromatic nitrogens is 1. The summed E-state index contributed by atoms with van der Waals surface area (Å²) < 4.78 is 0. The van der Waals surface area contributed by atoms with E-state index in [1.807, 2.05) is 12.3 Å². The summed E-state index contributed by atoms with van der Waals surface area (Å²) in [6.45, 7) is 12.2. The molecule has 25 heavy (non-hydrogen) atoms. The molecule has 0 amide bonds. The van der Waals surface area contributed by atoms with E-state index in [2.05, 4.69) is 58.0 Å². The number of aliphatic imine (C=N–C) groups is 1. The Hall–Kier alpha value is -1.82. The van der Waals surface area contributed by atoms with Crippen molar-refractivity contribution in [2.24, 2.45) is 4.99 Å². The fourth-order valence-corrected chi connectivity index (χ4v) is 2.98. The number of pyridine rings is 1. The molecule has 6 nitrogen and oxygen atoms in total. The molecule has 2 rings (SSSR count). The molecule has 140 valence electrons. The summed E-state index contributed by atoms with van der Waals surface area (Å²) in [6.07, 6.45) is 4.37. The zero-order valence-corrected chi connectivity index (χ0v) is 16.1. The second-order valence-corrected chi connectivity index (χ2v) is 6.55. The summed E-state index contributed by atoms with van der Waals surface area (Å²) in [5.74, 6) is 2.12. The fourth-order valence-electron chi connectivity index (χ4n) is 2.98. The Morgan fingerprint density at radius 3 is 2.64 bits per heavy atom. The number of rotatable bonds is 8. The quantitative estimate of drug-likeness (QED) is 0.575. The topological polar surface area (TPSA) is 47.0 Å². The first-order valence-electron chi connectivity index (χ1n) is 9.62. The highest BCUT2D eigenvalue weighted by molar-refractivity contribution is 5.80. The normalized spacial score (nSPS) is 15.8. The maximum Gasteiger partial charge on any atom is 0.194 e. The molecule has 1 aromatic heterocycles. The summed E-state index contributed by atoms with van der Waals surface area (Å²) in [6, 6.07) is 6.10. The number of anilines is 1. The van der Waals surface area contributed by atoms with E-state index in [1.54, 1.807) is 0 Å². The molecule has 1 N–H and O–H groups in total. The van der Waals surface area contributed by atoms with E-state index in [0.717, 1.165) is 64.1 Å². The molecular formula is C19H34N6. The molecule has 0 radical (unpaired) electrons. The van der Waals surface area contributed by atoms with Gasteiger partial charge in [0, 0.05) is 45.5 Å². The molecular weight excluding hydrogens is 312 g/mol. The average Bonchev–Trinajstić information content (AvgIpc) is 2.66. The maximum absolute atomic E-state index is 4.84. The Morgan fingerprint density at radius 2 is 2.00 bits per heavy atom. The number of piperazine rings is 1. The SMILES string of the molecule is CCCCN(C)CCN=C(NCC)N1CCN(c2ccccn2)CC1. The van der Waals surface area contributed by atoms with Crippen molar-refractivity contribution in [2.45, 2.75) is 26.7 Å². The van der Waals surface area contributed by atoms with Crippen LogP contribution in [0.25, 0.3) is 0 Å². The molecule has 1 fully saturated rings. The van der Waals surface area contributed by atoms with Crippen LogP contribution in [-0.4, -0.2) is 80.1 Å². The molecule has 0 aliphatic carbocycles. The molecule has 1 aliphatic rings.